The van der Waals surface area contributed by atoms with Gasteiger partial charge in [0.05, 0.1) is 13.1 Å². The van der Waals surface area contributed by atoms with Gasteiger partial charge in [-0.25, -0.2) is 4.79 Å². The molecule has 184 valence electrons. The zero-order valence-corrected chi connectivity index (χ0v) is 20.2. The summed E-state index contributed by atoms with van der Waals surface area (Å²) in [5, 5.41) is 6.58. The summed E-state index contributed by atoms with van der Waals surface area (Å²) in [4.78, 5) is 28.5. The maximum atomic E-state index is 13.6. The van der Waals surface area contributed by atoms with Gasteiger partial charge in [0.2, 0.25) is 0 Å². The van der Waals surface area contributed by atoms with Crippen molar-refractivity contribution in [2.45, 2.75) is 44.2 Å². The number of anilines is 1. The van der Waals surface area contributed by atoms with Gasteiger partial charge in [0, 0.05) is 24.8 Å². The van der Waals surface area contributed by atoms with Crippen LogP contribution in [0.5, 0.6) is 0 Å². The predicted molar refractivity (Wildman–Crippen MR) is 122 cm³/mol. The largest absolute Gasteiger partial charge is 1.00 e. The van der Waals surface area contributed by atoms with E-state index in [2.05, 4.69) is 15.4 Å². The molecular weight excluding hydrogens is 456 g/mol. The quantitative estimate of drug-likeness (QED) is 0.436. The minimum absolute atomic E-state index is 0. The van der Waals surface area contributed by atoms with Crippen LogP contribution in [0.2, 0.25) is 0 Å². The first-order valence-corrected chi connectivity index (χ1v) is 12.2. The fourth-order valence-electron chi connectivity index (χ4n) is 5.86. The number of nitrogens with zero attached hydrogens (tertiary/aromatic N) is 3. The molecule has 1 N–H and O–H groups in total. The Morgan fingerprint density at radius 2 is 1.85 bits per heavy atom. The van der Waals surface area contributed by atoms with Crippen LogP contribution in [0.4, 0.5) is 5.82 Å². The number of likely N-dealkylation sites (tertiary alicyclic amines) is 1. The summed E-state index contributed by atoms with van der Waals surface area (Å²) in [6.07, 6.45) is 6.70. The fourth-order valence-corrected chi connectivity index (χ4v) is 5.86. The normalized spacial score (nSPS) is 27.4. The van der Waals surface area contributed by atoms with Crippen LogP contribution < -0.4 is 17.7 Å². The SMILES string of the molecule is O=C(C[N+]12CCC(CC1)[C@@H](OC(=O)C(c1ccccc1)N1CCCCC1)C2)Nc1ccon1.[Cl-]. The summed E-state index contributed by atoms with van der Waals surface area (Å²) in [6.45, 7) is 4.79. The number of hydrogen-bond donors (Lipinski definition) is 1. The van der Waals surface area contributed by atoms with Crippen LogP contribution >= 0.6 is 0 Å². The average Bonchev–Trinajstić information content (AvgIpc) is 3.34. The molecule has 0 radical (unpaired) electrons. The molecule has 0 spiro atoms. The Morgan fingerprint density at radius 3 is 2.53 bits per heavy atom. The number of aromatic nitrogens is 1. The van der Waals surface area contributed by atoms with Crippen LogP contribution in [-0.2, 0) is 14.3 Å². The van der Waals surface area contributed by atoms with E-state index < -0.39 is 0 Å². The Balaban J connectivity index is 0.00000274. The molecule has 1 unspecified atom stereocenters. The number of esters is 1. The van der Waals surface area contributed by atoms with Gasteiger partial charge in [-0.05, 0) is 31.5 Å². The van der Waals surface area contributed by atoms with E-state index in [4.69, 9.17) is 9.26 Å². The molecular formula is C25H33ClN4O4. The van der Waals surface area contributed by atoms with Gasteiger partial charge in [0.1, 0.15) is 18.8 Å². The highest BCUT2D eigenvalue weighted by Crippen LogP contribution is 2.37. The lowest BCUT2D eigenvalue weighted by Gasteiger charge is -2.51. The highest BCUT2D eigenvalue weighted by molar-refractivity contribution is 5.90. The Bertz CT molecular complexity index is 941. The molecule has 2 aromatic rings. The summed E-state index contributed by atoms with van der Waals surface area (Å²) in [6, 6.07) is 11.3. The molecule has 1 amide bonds. The van der Waals surface area contributed by atoms with Crippen molar-refractivity contribution >= 4 is 17.7 Å². The summed E-state index contributed by atoms with van der Waals surface area (Å²) >= 11 is 0. The van der Waals surface area contributed by atoms with Gasteiger partial charge >= 0.3 is 5.97 Å². The van der Waals surface area contributed by atoms with E-state index in [-0.39, 0.29) is 36.4 Å². The Morgan fingerprint density at radius 1 is 1.12 bits per heavy atom. The van der Waals surface area contributed by atoms with Crippen molar-refractivity contribution in [2.75, 3.05) is 44.6 Å². The Hall–Kier alpha value is -2.42. The number of carbonyl (C=O) groups is 2. The fraction of sp³-hybridized carbons (Fsp3) is 0.560. The third-order valence-electron chi connectivity index (χ3n) is 7.59. The number of benzene rings is 1. The molecule has 34 heavy (non-hydrogen) atoms. The van der Waals surface area contributed by atoms with Gasteiger partial charge in [0.15, 0.2) is 18.5 Å². The number of quaternary nitrogens is 1. The number of ether oxygens (including phenoxy) is 1. The van der Waals surface area contributed by atoms with Crippen LogP contribution in [0.3, 0.4) is 0 Å². The van der Waals surface area contributed by atoms with Crippen molar-refractivity contribution < 1.29 is 35.7 Å². The lowest BCUT2D eigenvalue weighted by atomic mass is 9.83. The van der Waals surface area contributed by atoms with Crippen LogP contribution in [0.15, 0.2) is 47.2 Å². The molecule has 6 rings (SSSR count). The van der Waals surface area contributed by atoms with Crippen LogP contribution in [0.1, 0.15) is 43.7 Å². The number of halogens is 1. The van der Waals surface area contributed by atoms with Crippen molar-refractivity contribution in [1.29, 1.82) is 0 Å². The van der Waals surface area contributed by atoms with E-state index in [9.17, 15) is 9.59 Å². The second kappa shape index (κ2) is 10.9. The Kier molecular flexibility index (Phi) is 7.91. The first-order chi connectivity index (χ1) is 16.1. The highest BCUT2D eigenvalue weighted by Gasteiger charge is 2.49. The first kappa shape index (κ1) is 24.7. The third-order valence-corrected chi connectivity index (χ3v) is 7.59. The molecule has 0 saturated carbocycles. The molecule has 8 nitrogen and oxygen atoms in total. The van der Waals surface area contributed by atoms with Gasteiger partial charge in [0.25, 0.3) is 5.91 Å². The minimum Gasteiger partial charge on any atom is -1.00 e. The van der Waals surface area contributed by atoms with Crippen molar-refractivity contribution in [2.24, 2.45) is 5.92 Å². The van der Waals surface area contributed by atoms with Gasteiger partial charge in [-0.15, -0.1) is 0 Å². The number of piperidine rings is 4. The van der Waals surface area contributed by atoms with E-state index in [0.29, 0.717) is 29.3 Å². The van der Waals surface area contributed by atoms with Gasteiger partial charge in [-0.1, -0.05) is 41.9 Å². The average molecular weight is 489 g/mol. The number of carbonyl (C=O) groups excluding carboxylic acids is 2. The van der Waals surface area contributed by atoms with E-state index in [0.717, 1.165) is 57.4 Å². The number of nitrogens with one attached hydrogen (secondary N) is 1. The predicted octanol–water partition coefficient (Wildman–Crippen LogP) is -0.00350. The van der Waals surface area contributed by atoms with Crippen LogP contribution in [0, 0.1) is 5.92 Å². The van der Waals surface area contributed by atoms with Crippen molar-refractivity contribution in [3.8, 4) is 0 Å². The molecule has 4 aliphatic rings. The standard InChI is InChI=1S/C25H32N4O4.ClH/c30-23(26-22-11-16-32-27-22)18-29-14-9-19(10-15-29)21(17-29)33-25(31)24(20-7-3-1-4-8-20)28-12-5-2-6-13-28;/h1,3-4,7-8,11,16,19,21,24H,2,5-6,9-10,12-15,17-18H2;1H/t19?,21-,24?,29?;/m0./s1. The van der Waals surface area contributed by atoms with Gasteiger partial charge in [-0.2, -0.15) is 0 Å². The van der Waals surface area contributed by atoms with Crippen LogP contribution in [0.25, 0.3) is 0 Å². The van der Waals surface area contributed by atoms with E-state index >= 15 is 0 Å². The Labute approximate surface area is 206 Å². The van der Waals surface area contributed by atoms with Crippen molar-refractivity contribution in [3.05, 3.63) is 48.2 Å². The van der Waals surface area contributed by atoms with Crippen molar-refractivity contribution in [3.63, 3.8) is 0 Å². The summed E-state index contributed by atoms with van der Waals surface area (Å²) in [5.74, 6) is 0.586. The number of amides is 1. The molecule has 0 aliphatic carbocycles. The zero-order valence-electron chi connectivity index (χ0n) is 19.4. The van der Waals surface area contributed by atoms with E-state index in [1.807, 2.05) is 30.3 Å². The summed E-state index contributed by atoms with van der Waals surface area (Å²) in [7, 11) is 0. The van der Waals surface area contributed by atoms with Crippen LogP contribution in [-0.4, -0.2) is 71.8 Å². The number of rotatable bonds is 7. The number of hydrogen-bond acceptors (Lipinski definition) is 6. The molecule has 1 aromatic carbocycles. The maximum absolute atomic E-state index is 13.6. The minimum atomic E-state index is -0.356. The highest BCUT2D eigenvalue weighted by atomic mass is 35.5. The lowest BCUT2D eigenvalue weighted by Crippen LogP contribution is -3.00. The molecule has 5 heterocycles. The zero-order chi connectivity index (χ0) is 22.7. The van der Waals surface area contributed by atoms with Gasteiger partial charge in [-0.3, -0.25) is 9.69 Å². The molecule has 4 saturated heterocycles. The van der Waals surface area contributed by atoms with E-state index in [1.54, 1.807) is 6.07 Å². The molecule has 9 heteroatoms. The topological polar surface area (TPSA) is 84.7 Å². The molecule has 4 fully saturated rings. The van der Waals surface area contributed by atoms with Crippen molar-refractivity contribution in [1.82, 2.24) is 10.1 Å². The third kappa shape index (κ3) is 5.45. The summed E-state index contributed by atoms with van der Waals surface area (Å²) < 4.78 is 11.7. The molecule has 2 atom stereocenters. The smallest absolute Gasteiger partial charge is 0.328 e. The number of fused-ring (bicyclic) bond motifs is 3. The van der Waals surface area contributed by atoms with Gasteiger partial charge < -0.3 is 31.5 Å². The molecule has 2 bridgehead atoms. The lowest BCUT2D eigenvalue weighted by molar-refractivity contribution is -0.939. The molecule has 1 aromatic heterocycles. The maximum Gasteiger partial charge on any atom is 0.328 e. The first-order valence-electron chi connectivity index (χ1n) is 12.2. The second-order valence-electron chi connectivity index (χ2n) is 9.79. The van der Waals surface area contributed by atoms with E-state index in [1.165, 1.54) is 12.7 Å². The second-order valence-corrected chi connectivity index (χ2v) is 9.79. The molecule has 4 aliphatic heterocycles. The summed E-state index contributed by atoms with van der Waals surface area (Å²) in [5.41, 5.74) is 1.00. The monoisotopic (exact) mass is 488 g/mol.